The van der Waals surface area contributed by atoms with Crippen molar-refractivity contribution in [3.63, 3.8) is 0 Å². The van der Waals surface area contributed by atoms with Crippen LogP contribution in [0, 0.1) is 0 Å². The summed E-state index contributed by atoms with van der Waals surface area (Å²) in [6.45, 7) is 4.54. The minimum absolute atomic E-state index is 0.0841. The lowest BCUT2D eigenvalue weighted by Gasteiger charge is -2.17. The van der Waals surface area contributed by atoms with Crippen molar-refractivity contribution in [2.75, 3.05) is 32.3 Å². The molecule has 0 amide bonds. The van der Waals surface area contributed by atoms with Gasteiger partial charge in [-0.15, -0.1) is 0 Å². The van der Waals surface area contributed by atoms with Crippen molar-refractivity contribution in [3.05, 3.63) is 29.8 Å². The van der Waals surface area contributed by atoms with Crippen LogP contribution in [-0.4, -0.2) is 42.6 Å². The molecule has 0 aliphatic carbocycles. The Hall–Kier alpha value is -0.910. The molecule has 0 aliphatic heterocycles. The fourth-order valence-electron chi connectivity index (χ4n) is 1.84. The third-order valence-corrected chi connectivity index (χ3v) is 4.20. The van der Waals surface area contributed by atoms with Gasteiger partial charge in [0.25, 0.3) is 0 Å². The molecule has 0 heterocycles. The van der Waals surface area contributed by atoms with Gasteiger partial charge in [-0.25, -0.2) is 0 Å². The predicted octanol–water partition coefficient (Wildman–Crippen LogP) is 2.13. The molecule has 1 aromatic carbocycles. The number of nitrogens with one attached hydrogen (secondary N) is 1. The fourth-order valence-corrected chi connectivity index (χ4v) is 3.09. The van der Waals surface area contributed by atoms with Gasteiger partial charge in [0.05, 0.1) is 12.7 Å². The molecule has 5 heteroatoms. The molecule has 0 radical (unpaired) electrons. The van der Waals surface area contributed by atoms with E-state index >= 15 is 0 Å². The summed E-state index contributed by atoms with van der Waals surface area (Å²) in [5, 5.41) is 3.21. The molecule has 1 N–H and O–H groups in total. The molecule has 0 aliphatic rings. The van der Waals surface area contributed by atoms with E-state index in [1.807, 2.05) is 45.2 Å². The number of ether oxygens (including phenoxy) is 2. The maximum Gasteiger partial charge on any atom is 0.119 e. The van der Waals surface area contributed by atoms with Crippen molar-refractivity contribution in [2.24, 2.45) is 0 Å². The average Bonchev–Trinajstić information content (AvgIpc) is 2.43. The first-order valence-electron chi connectivity index (χ1n) is 6.84. The highest BCUT2D eigenvalue weighted by atomic mass is 32.2. The maximum absolute atomic E-state index is 11.9. The summed E-state index contributed by atoms with van der Waals surface area (Å²) in [5.41, 5.74) is 1.12. The van der Waals surface area contributed by atoms with Crippen LogP contribution in [0.3, 0.4) is 0 Å². The van der Waals surface area contributed by atoms with E-state index < -0.39 is 10.8 Å². The summed E-state index contributed by atoms with van der Waals surface area (Å²) in [7, 11) is 2.63. The van der Waals surface area contributed by atoms with E-state index in [1.54, 1.807) is 7.11 Å². The van der Waals surface area contributed by atoms with Gasteiger partial charge in [0, 0.05) is 35.5 Å². The van der Waals surface area contributed by atoms with E-state index in [2.05, 4.69) is 5.32 Å². The van der Waals surface area contributed by atoms with Gasteiger partial charge < -0.3 is 14.8 Å². The monoisotopic (exact) mass is 299 g/mol. The average molecular weight is 299 g/mol. The molecule has 0 fully saturated rings. The van der Waals surface area contributed by atoms with Crippen molar-refractivity contribution in [2.45, 2.75) is 26.0 Å². The van der Waals surface area contributed by atoms with Crippen LogP contribution in [0.1, 0.15) is 25.5 Å². The molecule has 20 heavy (non-hydrogen) atoms. The fraction of sp³-hybridized carbons (Fsp3) is 0.600. The predicted molar refractivity (Wildman–Crippen MR) is 83.8 cm³/mol. The minimum atomic E-state index is -0.884. The highest BCUT2D eigenvalue weighted by Crippen LogP contribution is 2.19. The molecular weight excluding hydrogens is 274 g/mol. The number of rotatable bonds is 9. The molecule has 0 saturated carbocycles. The quantitative estimate of drug-likeness (QED) is 0.759. The van der Waals surface area contributed by atoms with Gasteiger partial charge in [-0.1, -0.05) is 12.1 Å². The lowest BCUT2D eigenvalue weighted by molar-refractivity contribution is 0.218. The van der Waals surface area contributed by atoms with E-state index in [0.29, 0.717) is 18.1 Å². The molecule has 4 nitrogen and oxygen atoms in total. The molecule has 114 valence electrons. The van der Waals surface area contributed by atoms with Gasteiger partial charge >= 0.3 is 0 Å². The zero-order valence-corrected chi connectivity index (χ0v) is 13.5. The second-order valence-electron chi connectivity index (χ2n) is 4.88. The summed E-state index contributed by atoms with van der Waals surface area (Å²) in [6, 6.07) is 8.04. The largest absolute Gasteiger partial charge is 0.491 e. The molecule has 0 bridgehead atoms. The van der Waals surface area contributed by atoms with E-state index in [-0.39, 0.29) is 12.1 Å². The zero-order valence-electron chi connectivity index (χ0n) is 12.7. The zero-order chi connectivity index (χ0) is 15.0. The van der Waals surface area contributed by atoms with E-state index in [4.69, 9.17) is 9.47 Å². The second kappa shape index (κ2) is 9.10. The third-order valence-electron chi connectivity index (χ3n) is 2.87. The second-order valence-corrected chi connectivity index (χ2v) is 6.50. The first-order valence-corrected chi connectivity index (χ1v) is 8.33. The van der Waals surface area contributed by atoms with Gasteiger partial charge in [0.1, 0.15) is 5.75 Å². The van der Waals surface area contributed by atoms with Gasteiger partial charge in [-0.2, -0.15) is 0 Å². The van der Waals surface area contributed by atoms with Crippen LogP contribution in [0.15, 0.2) is 24.3 Å². The smallest absolute Gasteiger partial charge is 0.119 e. The van der Waals surface area contributed by atoms with Crippen molar-refractivity contribution in [1.82, 2.24) is 5.32 Å². The van der Waals surface area contributed by atoms with Crippen molar-refractivity contribution < 1.29 is 13.7 Å². The van der Waals surface area contributed by atoms with Gasteiger partial charge in [0.15, 0.2) is 0 Å². The molecular formula is C15H25NO3S. The lowest BCUT2D eigenvalue weighted by atomic mass is 10.1. The first-order chi connectivity index (χ1) is 9.56. The Balaban J connectivity index is 2.62. The summed E-state index contributed by atoms with van der Waals surface area (Å²) < 4.78 is 22.5. The molecule has 0 aromatic heterocycles. The SMILES string of the molecule is CNC(CS(=O)CCOC)c1ccc(OC(C)C)cc1. The topological polar surface area (TPSA) is 47.6 Å². The normalized spacial score (nSPS) is 14.2. The highest BCUT2D eigenvalue weighted by Gasteiger charge is 2.13. The Morgan fingerprint density at radius 1 is 1.25 bits per heavy atom. The molecule has 1 rings (SSSR count). The van der Waals surface area contributed by atoms with Crippen molar-refractivity contribution >= 4 is 10.8 Å². The lowest BCUT2D eigenvalue weighted by Crippen LogP contribution is -2.24. The molecule has 2 unspecified atom stereocenters. The Morgan fingerprint density at radius 3 is 2.40 bits per heavy atom. The molecule has 0 saturated heterocycles. The Bertz CT molecular complexity index is 406. The van der Waals surface area contributed by atoms with Crippen LogP contribution in [0.5, 0.6) is 5.75 Å². The van der Waals surface area contributed by atoms with Crippen molar-refractivity contribution in [3.8, 4) is 5.75 Å². The molecule has 1 aromatic rings. The first kappa shape index (κ1) is 17.1. The number of benzene rings is 1. The summed E-state index contributed by atoms with van der Waals surface area (Å²) in [6.07, 6.45) is 0.169. The number of hydrogen-bond donors (Lipinski definition) is 1. The summed E-state index contributed by atoms with van der Waals surface area (Å²) in [5.74, 6) is 2.02. The van der Waals surface area contributed by atoms with Crippen LogP contribution in [0.4, 0.5) is 0 Å². The standard InChI is InChI=1S/C15H25NO3S/c1-12(2)19-14-7-5-13(6-8-14)15(16-3)11-20(17)10-9-18-4/h5-8,12,15-16H,9-11H2,1-4H3. The van der Waals surface area contributed by atoms with Crippen LogP contribution in [0.2, 0.25) is 0 Å². The number of hydrogen-bond acceptors (Lipinski definition) is 4. The van der Waals surface area contributed by atoms with Crippen LogP contribution < -0.4 is 10.1 Å². The van der Waals surface area contributed by atoms with E-state index in [9.17, 15) is 4.21 Å². The Labute approximate surface area is 124 Å². The Morgan fingerprint density at radius 2 is 1.90 bits per heavy atom. The van der Waals surface area contributed by atoms with E-state index in [0.717, 1.165) is 11.3 Å². The summed E-state index contributed by atoms with van der Waals surface area (Å²) >= 11 is 0. The van der Waals surface area contributed by atoms with Crippen LogP contribution in [-0.2, 0) is 15.5 Å². The maximum atomic E-state index is 11.9. The minimum Gasteiger partial charge on any atom is -0.491 e. The summed E-state index contributed by atoms with van der Waals surface area (Å²) in [4.78, 5) is 0. The van der Waals surface area contributed by atoms with Crippen LogP contribution in [0.25, 0.3) is 0 Å². The number of methoxy groups -OCH3 is 1. The van der Waals surface area contributed by atoms with Gasteiger partial charge in [0.2, 0.25) is 0 Å². The molecule has 0 spiro atoms. The van der Waals surface area contributed by atoms with Crippen molar-refractivity contribution in [1.29, 1.82) is 0 Å². The highest BCUT2D eigenvalue weighted by molar-refractivity contribution is 7.85. The van der Waals surface area contributed by atoms with Gasteiger partial charge in [-0.3, -0.25) is 4.21 Å². The van der Waals surface area contributed by atoms with Gasteiger partial charge in [-0.05, 0) is 38.6 Å². The third kappa shape index (κ3) is 6.03. The van der Waals surface area contributed by atoms with E-state index in [1.165, 1.54) is 0 Å². The Kier molecular flexibility index (Phi) is 7.80. The molecule has 2 atom stereocenters. The van der Waals surface area contributed by atoms with Crippen LogP contribution >= 0.6 is 0 Å².